The number of hydrogen-bond donors (Lipinski definition) is 1. The minimum absolute atomic E-state index is 0.0168. The molecule has 0 aromatic rings. The Kier molecular flexibility index (Phi) is 3.19. The number of rotatable bonds is 3. The molecule has 0 radical (unpaired) electrons. The summed E-state index contributed by atoms with van der Waals surface area (Å²) in [6.45, 7) is 1.70. The molecule has 2 bridgehead atoms. The van der Waals surface area contributed by atoms with E-state index in [9.17, 15) is 9.59 Å². The molecule has 2 rings (SSSR count). The van der Waals surface area contributed by atoms with Crippen LogP contribution in [0.15, 0.2) is 12.2 Å². The maximum Gasteiger partial charge on any atom is 0.311 e. The quantitative estimate of drug-likeness (QED) is 0.451. The molecule has 0 aromatic heterocycles. The van der Waals surface area contributed by atoms with Crippen LogP contribution in [0.5, 0.6) is 0 Å². The molecule has 0 aromatic carbocycles. The number of ether oxygens (including phenoxy) is 1. The number of carbonyl (C=O) groups is 2. The molecule has 4 heteroatoms. The molecule has 2 aliphatic carbocycles. The van der Waals surface area contributed by atoms with Crippen molar-refractivity contribution in [2.24, 2.45) is 23.7 Å². The third-order valence-corrected chi connectivity index (χ3v) is 3.48. The van der Waals surface area contributed by atoms with Gasteiger partial charge in [0.05, 0.1) is 11.8 Å². The summed E-state index contributed by atoms with van der Waals surface area (Å²) >= 11 is 0. The van der Waals surface area contributed by atoms with Crippen molar-refractivity contribution in [1.29, 1.82) is 0 Å². The normalized spacial score (nSPS) is 33.0. The molecule has 0 spiro atoms. The van der Waals surface area contributed by atoms with Gasteiger partial charge in [-0.05, 0) is 25.2 Å². The van der Waals surface area contributed by atoms with Crippen molar-refractivity contribution in [2.45, 2.75) is 13.3 Å². The number of aliphatic carboxylic acids is 1. The zero-order chi connectivity index (χ0) is 12.4. The first-order valence-corrected chi connectivity index (χ1v) is 5.62. The number of hydrogen-bond acceptors (Lipinski definition) is 3. The Bertz CT molecular complexity index is 426. The Morgan fingerprint density at radius 2 is 2.00 bits per heavy atom. The van der Waals surface area contributed by atoms with E-state index in [1.807, 2.05) is 12.2 Å². The van der Waals surface area contributed by atoms with Crippen molar-refractivity contribution < 1.29 is 19.4 Å². The number of carbonyl (C=O) groups excluding carboxylic acids is 1. The van der Waals surface area contributed by atoms with Crippen LogP contribution < -0.4 is 0 Å². The fourth-order valence-corrected chi connectivity index (χ4v) is 2.76. The van der Waals surface area contributed by atoms with Crippen molar-refractivity contribution in [2.75, 3.05) is 6.61 Å². The zero-order valence-corrected chi connectivity index (χ0v) is 9.55. The van der Waals surface area contributed by atoms with Crippen molar-refractivity contribution in [3.8, 4) is 11.8 Å². The molecule has 4 atom stereocenters. The predicted octanol–water partition coefficient (Wildman–Crippen LogP) is 1.08. The van der Waals surface area contributed by atoms with Gasteiger partial charge in [0.15, 0.2) is 6.61 Å². The first-order chi connectivity index (χ1) is 8.15. The predicted molar refractivity (Wildman–Crippen MR) is 59.8 cm³/mol. The Morgan fingerprint density at radius 3 is 2.59 bits per heavy atom. The number of carboxylic acids is 1. The number of allylic oxidation sites excluding steroid dienone is 2. The molecule has 17 heavy (non-hydrogen) atoms. The largest absolute Gasteiger partial charge is 0.481 e. The summed E-state index contributed by atoms with van der Waals surface area (Å²) in [7, 11) is 0. The van der Waals surface area contributed by atoms with E-state index in [0.717, 1.165) is 6.42 Å². The van der Waals surface area contributed by atoms with Gasteiger partial charge in [-0.3, -0.25) is 9.59 Å². The maximum atomic E-state index is 11.8. The number of esters is 1. The monoisotopic (exact) mass is 234 g/mol. The zero-order valence-electron chi connectivity index (χ0n) is 9.55. The summed E-state index contributed by atoms with van der Waals surface area (Å²) in [4.78, 5) is 23.0. The minimum Gasteiger partial charge on any atom is -0.481 e. The average Bonchev–Trinajstić information content (AvgIpc) is 2.88. The van der Waals surface area contributed by atoms with E-state index in [-0.39, 0.29) is 18.4 Å². The second kappa shape index (κ2) is 4.62. The Hall–Kier alpha value is -1.76. The molecular weight excluding hydrogens is 220 g/mol. The van der Waals surface area contributed by atoms with Crippen molar-refractivity contribution in [3.05, 3.63) is 12.2 Å². The summed E-state index contributed by atoms with van der Waals surface area (Å²) in [5.74, 6) is 2.73. The van der Waals surface area contributed by atoms with Gasteiger partial charge in [0.1, 0.15) is 0 Å². The lowest BCUT2D eigenvalue weighted by atomic mass is 9.83. The molecule has 90 valence electrons. The van der Waals surface area contributed by atoms with Crippen molar-refractivity contribution in [3.63, 3.8) is 0 Å². The Morgan fingerprint density at radius 1 is 1.35 bits per heavy atom. The second-order valence-electron chi connectivity index (χ2n) is 4.37. The van der Waals surface area contributed by atoms with Gasteiger partial charge in [0.25, 0.3) is 0 Å². The molecule has 0 heterocycles. The van der Waals surface area contributed by atoms with Crippen LogP contribution in [0.2, 0.25) is 0 Å². The van der Waals surface area contributed by atoms with Gasteiger partial charge in [0.2, 0.25) is 0 Å². The highest BCUT2D eigenvalue weighted by atomic mass is 16.5. The van der Waals surface area contributed by atoms with Crippen molar-refractivity contribution >= 4 is 11.9 Å². The summed E-state index contributed by atoms with van der Waals surface area (Å²) in [5, 5.41) is 9.16. The van der Waals surface area contributed by atoms with Crippen LogP contribution in [0.4, 0.5) is 0 Å². The Balaban J connectivity index is 2.07. The molecule has 0 saturated heterocycles. The summed E-state index contributed by atoms with van der Waals surface area (Å²) in [6.07, 6.45) is 4.58. The van der Waals surface area contributed by atoms with Crippen LogP contribution >= 0.6 is 0 Å². The van der Waals surface area contributed by atoms with Crippen LogP contribution in [0.3, 0.4) is 0 Å². The lowest BCUT2D eigenvalue weighted by molar-refractivity contribution is -0.157. The van der Waals surface area contributed by atoms with Gasteiger partial charge in [-0.1, -0.05) is 18.1 Å². The molecule has 0 aliphatic heterocycles. The van der Waals surface area contributed by atoms with E-state index in [1.54, 1.807) is 6.92 Å². The topological polar surface area (TPSA) is 63.6 Å². The van der Waals surface area contributed by atoms with Gasteiger partial charge < -0.3 is 9.84 Å². The summed E-state index contributed by atoms with van der Waals surface area (Å²) < 4.78 is 4.99. The van der Waals surface area contributed by atoms with Crippen LogP contribution in [-0.4, -0.2) is 23.7 Å². The number of fused-ring (bicyclic) bond motifs is 2. The van der Waals surface area contributed by atoms with Crippen LogP contribution in [-0.2, 0) is 14.3 Å². The first-order valence-electron chi connectivity index (χ1n) is 5.62. The molecule has 0 unspecified atom stereocenters. The molecule has 4 nitrogen and oxygen atoms in total. The van der Waals surface area contributed by atoms with Gasteiger partial charge >= 0.3 is 11.9 Å². The van der Waals surface area contributed by atoms with E-state index in [4.69, 9.17) is 9.84 Å². The molecule has 2 aliphatic rings. The van der Waals surface area contributed by atoms with Crippen LogP contribution in [0.25, 0.3) is 0 Å². The highest BCUT2D eigenvalue weighted by molar-refractivity contribution is 5.83. The van der Waals surface area contributed by atoms with E-state index < -0.39 is 23.8 Å². The van der Waals surface area contributed by atoms with Gasteiger partial charge in [-0.15, -0.1) is 5.92 Å². The highest BCUT2D eigenvalue weighted by Gasteiger charge is 2.52. The lowest BCUT2D eigenvalue weighted by Crippen LogP contribution is -2.34. The van der Waals surface area contributed by atoms with E-state index in [1.165, 1.54) is 0 Å². The van der Waals surface area contributed by atoms with E-state index in [0.29, 0.717) is 0 Å². The summed E-state index contributed by atoms with van der Waals surface area (Å²) in [6, 6.07) is 0. The third-order valence-electron chi connectivity index (χ3n) is 3.48. The fraction of sp³-hybridized carbons (Fsp3) is 0.538. The molecule has 1 N–H and O–H groups in total. The van der Waals surface area contributed by atoms with Gasteiger partial charge in [-0.25, -0.2) is 0 Å². The molecular formula is C13H14O4. The third kappa shape index (κ3) is 2.05. The summed E-state index contributed by atoms with van der Waals surface area (Å²) in [5.41, 5.74) is 0. The smallest absolute Gasteiger partial charge is 0.311 e. The second-order valence-corrected chi connectivity index (χ2v) is 4.37. The Labute approximate surface area is 99.6 Å². The van der Waals surface area contributed by atoms with Crippen LogP contribution in [0, 0.1) is 35.5 Å². The number of carboxylic acid groups (broad SMARTS) is 1. The molecule has 1 fully saturated rings. The lowest BCUT2D eigenvalue weighted by Gasteiger charge is -2.22. The maximum absolute atomic E-state index is 11.8. The van der Waals surface area contributed by atoms with E-state index in [2.05, 4.69) is 11.8 Å². The highest BCUT2D eigenvalue weighted by Crippen LogP contribution is 2.48. The SMILES string of the molecule is CC#CCOC(=O)[C@H]1[C@@H](C(=O)O)[C@H]2C=C[C@@H]1C2. The molecule has 0 amide bonds. The van der Waals surface area contributed by atoms with Gasteiger partial charge in [-0.2, -0.15) is 0 Å². The average molecular weight is 234 g/mol. The fourth-order valence-electron chi connectivity index (χ4n) is 2.76. The molecule has 1 saturated carbocycles. The van der Waals surface area contributed by atoms with Crippen molar-refractivity contribution in [1.82, 2.24) is 0 Å². The first kappa shape index (κ1) is 11.7. The minimum atomic E-state index is -0.912. The van der Waals surface area contributed by atoms with E-state index >= 15 is 0 Å². The standard InChI is InChI=1S/C13H14O4/c1-2-3-6-17-13(16)11-9-5-4-8(7-9)10(11)12(14)15/h4-5,8-11H,6-7H2,1H3,(H,14,15)/t8-,9+,10-,11+/m0/s1. The van der Waals surface area contributed by atoms with Crippen LogP contribution in [0.1, 0.15) is 13.3 Å². The van der Waals surface area contributed by atoms with Gasteiger partial charge in [0, 0.05) is 0 Å².